The molecule has 4 nitrogen and oxygen atoms in total. The predicted molar refractivity (Wildman–Crippen MR) is 100 cm³/mol. The van der Waals surface area contributed by atoms with Gasteiger partial charge in [0.15, 0.2) is 5.78 Å². The van der Waals surface area contributed by atoms with Crippen molar-refractivity contribution in [1.82, 2.24) is 4.90 Å². The molecular weight excluding hydrogens is 387 g/mol. The van der Waals surface area contributed by atoms with E-state index >= 15 is 0 Å². The molecule has 1 heterocycles. The summed E-state index contributed by atoms with van der Waals surface area (Å²) in [4.78, 5) is 16.9. The Balaban J connectivity index is 1.82. The Kier molecular flexibility index (Phi) is 5.39. The van der Waals surface area contributed by atoms with Gasteiger partial charge in [-0.1, -0.05) is 0 Å². The van der Waals surface area contributed by atoms with Gasteiger partial charge in [-0.05, 0) is 59.4 Å². The molecule has 25 heavy (non-hydrogen) atoms. The molecule has 0 unspecified atom stereocenters. The summed E-state index contributed by atoms with van der Waals surface area (Å²) in [6, 6.07) is 9.80. The van der Waals surface area contributed by atoms with E-state index < -0.39 is 0 Å². The number of carbonyl (C=O) groups is 1. The van der Waals surface area contributed by atoms with E-state index in [9.17, 15) is 9.18 Å². The van der Waals surface area contributed by atoms with Gasteiger partial charge in [0.05, 0.1) is 17.3 Å². The van der Waals surface area contributed by atoms with Gasteiger partial charge in [0.2, 0.25) is 0 Å². The van der Waals surface area contributed by atoms with E-state index in [0.29, 0.717) is 27.0 Å². The second kappa shape index (κ2) is 7.54. The molecule has 0 N–H and O–H groups in total. The molecule has 132 valence electrons. The smallest absolute Gasteiger partial charge is 0.193 e. The highest BCUT2D eigenvalue weighted by atomic mass is 79.9. The third kappa shape index (κ3) is 3.85. The number of nitrogens with zero attached hydrogens (tertiary/aromatic N) is 2. The number of rotatable bonds is 4. The average Bonchev–Trinajstić information content (AvgIpc) is 2.62. The highest BCUT2D eigenvalue weighted by Gasteiger charge is 2.19. The molecule has 2 aromatic carbocycles. The molecule has 1 aliphatic rings. The monoisotopic (exact) mass is 406 g/mol. The van der Waals surface area contributed by atoms with Crippen LogP contribution in [-0.4, -0.2) is 51.0 Å². The molecule has 6 heteroatoms. The lowest BCUT2D eigenvalue weighted by Crippen LogP contribution is -2.44. The highest BCUT2D eigenvalue weighted by molar-refractivity contribution is 9.10. The second-order valence-corrected chi connectivity index (χ2v) is 6.99. The molecule has 2 aromatic rings. The van der Waals surface area contributed by atoms with Crippen LogP contribution in [0.4, 0.5) is 10.1 Å². The highest BCUT2D eigenvalue weighted by Crippen LogP contribution is 2.28. The summed E-state index contributed by atoms with van der Waals surface area (Å²) in [5.41, 5.74) is 1.38. The second-order valence-electron chi connectivity index (χ2n) is 6.13. The number of anilines is 1. The van der Waals surface area contributed by atoms with Crippen LogP contribution in [-0.2, 0) is 0 Å². The number of halogens is 2. The fourth-order valence-corrected chi connectivity index (χ4v) is 3.47. The molecule has 0 bridgehead atoms. The van der Waals surface area contributed by atoms with Crippen molar-refractivity contribution in [3.05, 3.63) is 57.8 Å². The van der Waals surface area contributed by atoms with Crippen molar-refractivity contribution in [2.45, 2.75) is 0 Å². The third-order valence-corrected chi connectivity index (χ3v) is 5.09. The van der Waals surface area contributed by atoms with E-state index in [1.54, 1.807) is 37.4 Å². The van der Waals surface area contributed by atoms with E-state index in [1.165, 1.54) is 6.07 Å². The fourth-order valence-electron chi connectivity index (χ4n) is 2.93. The molecule has 0 aliphatic carbocycles. The molecule has 0 amide bonds. The SMILES string of the molecule is COc1ccc(C(=O)c2ccc(N3CCN(C)CC3)c(F)c2)cc1Br. The maximum Gasteiger partial charge on any atom is 0.193 e. The van der Waals surface area contributed by atoms with Gasteiger partial charge in [0.1, 0.15) is 11.6 Å². The molecule has 0 spiro atoms. The van der Waals surface area contributed by atoms with Crippen LogP contribution in [0.1, 0.15) is 15.9 Å². The van der Waals surface area contributed by atoms with Gasteiger partial charge in [-0.3, -0.25) is 4.79 Å². The zero-order valence-electron chi connectivity index (χ0n) is 14.3. The van der Waals surface area contributed by atoms with Crippen molar-refractivity contribution in [1.29, 1.82) is 0 Å². The van der Waals surface area contributed by atoms with Crippen molar-refractivity contribution in [3.63, 3.8) is 0 Å². The zero-order chi connectivity index (χ0) is 18.0. The number of methoxy groups -OCH3 is 1. The van der Waals surface area contributed by atoms with Crippen LogP contribution in [0.2, 0.25) is 0 Å². The number of benzene rings is 2. The van der Waals surface area contributed by atoms with Gasteiger partial charge in [-0.2, -0.15) is 0 Å². The minimum absolute atomic E-state index is 0.216. The minimum Gasteiger partial charge on any atom is -0.496 e. The van der Waals surface area contributed by atoms with E-state index in [4.69, 9.17) is 4.74 Å². The van der Waals surface area contributed by atoms with Crippen molar-refractivity contribution >= 4 is 27.4 Å². The fraction of sp³-hybridized carbons (Fsp3) is 0.316. The Morgan fingerprint density at radius 3 is 2.32 bits per heavy atom. The van der Waals surface area contributed by atoms with Crippen LogP contribution in [0.3, 0.4) is 0 Å². The van der Waals surface area contributed by atoms with Crippen molar-refractivity contribution < 1.29 is 13.9 Å². The topological polar surface area (TPSA) is 32.8 Å². The molecule has 0 atom stereocenters. The van der Waals surface area contributed by atoms with Crippen molar-refractivity contribution in [3.8, 4) is 5.75 Å². The zero-order valence-corrected chi connectivity index (χ0v) is 15.8. The first-order valence-electron chi connectivity index (χ1n) is 8.11. The standard InChI is InChI=1S/C19H20BrFN2O2/c1-22-7-9-23(10-8-22)17-5-3-14(12-16(17)21)19(24)13-4-6-18(25-2)15(20)11-13/h3-6,11-12H,7-10H2,1-2H3. The van der Waals surface area contributed by atoms with Crippen LogP contribution in [0.15, 0.2) is 40.9 Å². The summed E-state index contributed by atoms with van der Waals surface area (Å²) in [7, 11) is 3.62. The van der Waals surface area contributed by atoms with Gasteiger partial charge < -0.3 is 14.5 Å². The van der Waals surface area contributed by atoms with E-state index in [2.05, 4.69) is 27.9 Å². The normalized spacial score (nSPS) is 15.3. The number of carbonyl (C=O) groups excluding carboxylic acids is 1. The number of ether oxygens (including phenoxy) is 1. The lowest BCUT2D eigenvalue weighted by Gasteiger charge is -2.34. The lowest BCUT2D eigenvalue weighted by atomic mass is 10.0. The molecule has 0 saturated carbocycles. The maximum atomic E-state index is 14.6. The van der Waals surface area contributed by atoms with Crippen LogP contribution >= 0.6 is 15.9 Å². The van der Waals surface area contributed by atoms with E-state index in [-0.39, 0.29) is 11.6 Å². The van der Waals surface area contributed by atoms with Crippen LogP contribution in [0, 0.1) is 5.82 Å². The Labute approximate surface area is 155 Å². The Morgan fingerprint density at radius 2 is 1.72 bits per heavy atom. The first-order valence-corrected chi connectivity index (χ1v) is 8.90. The van der Waals surface area contributed by atoms with Crippen LogP contribution < -0.4 is 9.64 Å². The molecule has 1 fully saturated rings. The molecular formula is C19H20BrFN2O2. The number of likely N-dealkylation sites (N-methyl/N-ethyl adjacent to an activating group) is 1. The lowest BCUT2D eigenvalue weighted by molar-refractivity contribution is 0.103. The van der Waals surface area contributed by atoms with Gasteiger partial charge >= 0.3 is 0 Å². The molecule has 1 aliphatic heterocycles. The van der Waals surface area contributed by atoms with Gasteiger partial charge in [-0.15, -0.1) is 0 Å². The quantitative estimate of drug-likeness (QED) is 0.726. The molecule has 1 saturated heterocycles. The third-order valence-electron chi connectivity index (χ3n) is 4.47. The Hall–Kier alpha value is -1.92. The first kappa shape index (κ1) is 17.9. The van der Waals surface area contributed by atoms with Crippen LogP contribution in [0.5, 0.6) is 5.75 Å². The summed E-state index contributed by atoms with van der Waals surface area (Å²) < 4.78 is 20.4. The largest absolute Gasteiger partial charge is 0.496 e. The first-order chi connectivity index (χ1) is 12.0. The minimum atomic E-state index is -0.358. The maximum absolute atomic E-state index is 14.6. The van der Waals surface area contributed by atoms with Gasteiger partial charge in [0.25, 0.3) is 0 Å². The summed E-state index contributed by atoms with van der Waals surface area (Å²) in [5, 5.41) is 0. The number of hydrogen-bond donors (Lipinski definition) is 0. The average molecular weight is 407 g/mol. The van der Waals surface area contributed by atoms with E-state index in [0.717, 1.165) is 26.2 Å². The summed E-state index contributed by atoms with van der Waals surface area (Å²) in [6.07, 6.45) is 0. The van der Waals surface area contributed by atoms with Gasteiger partial charge in [-0.25, -0.2) is 4.39 Å². The molecule has 0 aromatic heterocycles. The van der Waals surface area contributed by atoms with Crippen molar-refractivity contribution in [2.75, 3.05) is 45.2 Å². The Bertz CT molecular complexity index is 789. The number of hydrogen-bond acceptors (Lipinski definition) is 4. The summed E-state index contributed by atoms with van der Waals surface area (Å²) in [5.74, 6) is 0.0725. The number of ketones is 1. The summed E-state index contributed by atoms with van der Waals surface area (Å²) >= 11 is 3.37. The van der Waals surface area contributed by atoms with Crippen LogP contribution in [0.25, 0.3) is 0 Å². The van der Waals surface area contributed by atoms with Crippen molar-refractivity contribution in [2.24, 2.45) is 0 Å². The molecule has 3 rings (SSSR count). The predicted octanol–water partition coefficient (Wildman–Crippen LogP) is 3.58. The van der Waals surface area contributed by atoms with E-state index in [1.807, 2.05) is 4.90 Å². The summed E-state index contributed by atoms with van der Waals surface area (Å²) in [6.45, 7) is 3.37. The number of piperazine rings is 1. The Morgan fingerprint density at radius 1 is 1.08 bits per heavy atom. The van der Waals surface area contributed by atoms with Gasteiger partial charge in [0, 0.05) is 37.3 Å². The molecule has 0 radical (unpaired) electrons.